The molecule has 76 valence electrons. The lowest BCUT2D eigenvalue weighted by Gasteiger charge is -2.24. The van der Waals surface area contributed by atoms with Crippen molar-refractivity contribution in [2.24, 2.45) is 5.92 Å². The summed E-state index contributed by atoms with van der Waals surface area (Å²) in [6.07, 6.45) is 6.87. The first kappa shape index (κ1) is 10.8. The van der Waals surface area contributed by atoms with Crippen LogP contribution in [0.5, 0.6) is 0 Å². The first-order valence-corrected chi connectivity index (χ1v) is 5.61. The summed E-state index contributed by atoms with van der Waals surface area (Å²) in [5.41, 5.74) is 1.32. The lowest BCUT2D eigenvalue weighted by atomic mass is 9.93. The van der Waals surface area contributed by atoms with Gasteiger partial charge in [-0.05, 0) is 38.6 Å². The lowest BCUT2D eigenvalue weighted by molar-refractivity contribution is 0.362. The van der Waals surface area contributed by atoms with Gasteiger partial charge >= 0.3 is 0 Å². The molecule has 1 fully saturated rings. The van der Waals surface area contributed by atoms with Gasteiger partial charge in [0.15, 0.2) is 0 Å². The van der Waals surface area contributed by atoms with Gasteiger partial charge in [0, 0.05) is 6.04 Å². The molecule has 1 atom stereocenters. The molecule has 0 heterocycles. The minimum Gasteiger partial charge on any atom is -0.314 e. The average molecular weight is 181 g/mol. The Kier molecular flexibility index (Phi) is 4.51. The number of hydrogen-bond acceptors (Lipinski definition) is 1. The van der Waals surface area contributed by atoms with Crippen LogP contribution in [0.4, 0.5) is 0 Å². The molecule has 0 aromatic carbocycles. The molecule has 0 aliphatic heterocycles. The Labute approximate surface area is 82.6 Å². The molecular weight excluding hydrogens is 158 g/mol. The number of hydrogen-bond donors (Lipinski definition) is 1. The van der Waals surface area contributed by atoms with Gasteiger partial charge in [-0.2, -0.15) is 0 Å². The zero-order valence-electron chi connectivity index (χ0n) is 9.10. The van der Waals surface area contributed by atoms with Gasteiger partial charge in [-0.15, -0.1) is 6.58 Å². The Hall–Kier alpha value is -0.300. The molecule has 1 rings (SSSR count). The summed E-state index contributed by atoms with van der Waals surface area (Å²) in [6, 6.07) is 0.699. The van der Waals surface area contributed by atoms with E-state index in [1.165, 1.54) is 37.7 Å². The van der Waals surface area contributed by atoms with Crippen molar-refractivity contribution in [3.05, 3.63) is 12.2 Å². The van der Waals surface area contributed by atoms with E-state index in [9.17, 15) is 0 Å². The minimum absolute atomic E-state index is 0.699. The third-order valence-electron chi connectivity index (χ3n) is 3.00. The van der Waals surface area contributed by atoms with Crippen LogP contribution < -0.4 is 5.32 Å². The highest BCUT2D eigenvalue weighted by Crippen LogP contribution is 2.29. The van der Waals surface area contributed by atoms with E-state index in [2.05, 4.69) is 25.7 Å². The second-order valence-corrected chi connectivity index (χ2v) is 4.37. The maximum atomic E-state index is 4.01. The molecule has 1 heteroatoms. The van der Waals surface area contributed by atoms with Gasteiger partial charge < -0.3 is 5.32 Å². The molecule has 0 amide bonds. The van der Waals surface area contributed by atoms with Crippen molar-refractivity contribution in [3.8, 4) is 0 Å². The van der Waals surface area contributed by atoms with Gasteiger partial charge in [-0.3, -0.25) is 0 Å². The normalized spacial score (nSPS) is 20.5. The molecule has 1 aliphatic carbocycles. The highest BCUT2D eigenvalue weighted by Gasteiger charge is 2.23. The van der Waals surface area contributed by atoms with Crippen LogP contribution in [-0.4, -0.2) is 12.6 Å². The summed E-state index contributed by atoms with van der Waals surface area (Å²) in [7, 11) is 0. The van der Waals surface area contributed by atoms with Crippen molar-refractivity contribution >= 4 is 0 Å². The largest absolute Gasteiger partial charge is 0.314 e. The average Bonchev–Trinajstić information content (AvgIpc) is 2.54. The fraction of sp³-hybridized carbons (Fsp3) is 0.833. The monoisotopic (exact) mass is 181 g/mol. The molecule has 1 aliphatic rings. The molecule has 0 aromatic rings. The summed E-state index contributed by atoms with van der Waals surface area (Å²) in [5, 5.41) is 3.60. The number of nitrogens with one attached hydrogen (secondary N) is 1. The second-order valence-electron chi connectivity index (χ2n) is 4.37. The van der Waals surface area contributed by atoms with Crippen LogP contribution in [0.25, 0.3) is 0 Å². The molecule has 1 N–H and O–H groups in total. The maximum Gasteiger partial charge on any atom is 0.0132 e. The molecule has 0 saturated heterocycles. The van der Waals surface area contributed by atoms with Gasteiger partial charge in [-0.25, -0.2) is 0 Å². The van der Waals surface area contributed by atoms with Crippen molar-refractivity contribution in [2.75, 3.05) is 6.54 Å². The van der Waals surface area contributed by atoms with Crippen LogP contribution in [0.1, 0.15) is 46.0 Å². The van der Waals surface area contributed by atoms with E-state index >= 15 is 0 Å². The highest BCUT2D eigenvalue weighted by atomic mass is 14.9. The van der Waals surface area contributed by atoms with Crippen molar-refractivity contribution in [1.82, 2.24) is 5.32 Å². The molecular formula is C12H23N. The summed E-state index contributed by atoms with van der Waals surface area (Å²) in [6.45, 7) is 9.43. The van der Waals surface area contributed by atoms with Gasteiger partial charge in [0.25, 0.3) is 0 Å². The van der Waals surface area contributed by atoms with Gasteiger partial charge in [0.1, 0.15) is 0 Å². The Bertz CT molecular complexity index is 157. The third kappa shape index (κ3) is 3.51. The van der Waals surface area contributed by atoms with E-state index < -0.39 is 0 Å². The summed E-state index contributed by atoms with van der Waals surface area (Å²) >= 11 is 0. The minimum atomic E-state index is 0.699. The van der Waals surface area contributed by atoms with Crippen LogP contribution in [0.3, 0.4) is 0 Å². The van der Waals surface area contributed by atoms with Crippen LogP contribution in [0.2, 0.25) is 0 Å². The van der Waals surface area contributed by atoms with Crippen LogP contribution in [-0.2, 0) is 0 Å². The quantitative estimate of drug-likeness (QED) is 0.643. The first-order chi connectivity index (χ1) is 6.24. The highest BCUT2D eigenvalue weighted by molar-refractivity contribution is 4.95. The third-order valence-corrected chi connectivity index (χ3v) is 3.00. The zero-order valence-corrected chi connectivity index (χ0v) is 9.10. The van der Waals surface area contributed by atoms with E-state index in [4.69, 9.17) is 0 Å². The Morgan fingerprint density at radius 3 is 2.54 bits per heavy atom. The van der Waals surface area contributed by atoms with Gasteiger partial charge in [-0.1, -0.05) is 25.3 Å². The van der Waals surface area contributed by atoms with Crippen molar-refractivity contribution in [2.45, 2.75) is 52.0 Å². The molecule has 0 radical (unpaired) electrons. The molecule has 1 nitrogen and oxygen atoms in total. The summed E-state index contributed by atoms with van der Waals surface area (Å²) in [5.74, 6) is 0.914. The van der Waals surface area contributed by atoms with Crippen molar-refractivity contribution < 1.29 is 0 Å². The fourth-order valence-corrected chi connectivity index (χ4v) is 2.40. The van der Waals surface area contributed by atoms with E-state index in [0.29, 0.717) is 6.04 Å². The lowest BCUT2D eigenvalue weighted by Crippen LogP contribution is -2.35. The standard InChI is InChI=1S/C12H23N/c1-4-13-12(9-10(2)3)11-7-5-6-8-11/h11-13H,2,4-9H2,1,3H3. The topological polar surface area (TPSA) is 12.0 Å². The summed E-state index contributed by atoms with van der Waals surface area (Å²) < 4.78 is 0. The van der Waals surface area contributed by atoms with Gasteiger partial charge in [0.05, 0.1) is 0 Å². The second kappa shape index (κ2) is 5.43. The molecule has 0 aromatic heterocycles. The molecule has 1 unspecified atom stereocenters. The Balaban J connectivity index is 2.39. The fourth-order valence-electron chi connectivity index (χ4n) is 2.40. The van der Waals surface area contributed by atoms with E-state index in [1.54, 1.807) is 0 Å². The van der Waals surface area contributed by atoms with Crippen molar-refractivity contribution in [1.29, 1.82) is 0 Å². The van der Waals surface area contributed by atoms with E-state index in [1.807, 2.05) is 0 Å². The Morgan fingerprint density at radius 1 is 1.46 bits per heavy atom. The van der Waals surface area contributed by atoms with E-state index in [-0.39, 0.29) is 0 Å². The zero-order chi connectivity index (χ0) is 9.68. The van der Waals surface area contributed by atoms with Gasteiger partial charge in [0.2, 0.25) is 0 Å². The number of rotatable bonds is 5. The van der Waals surface area contributed by atoms with Crippen molar-refractivity contribution in [3.63, 3.8) is 0 Å². The van der Waals surface area contributed by atoms with Crippen LogP contribution in [0, 0.1) is 5.92 Å². The predicted molar refractivity (Wildman–Crippen MR) is 58.9 cm³/mol. The van der Waals surface area contributed by atoms with E-state index in [0.717, 1.165) is 12.5 Å². The van der Waals surface area contributed by atoms with Crippen LogP contribution in [0.15, 0.2) is 12.2 Å². The smallest absolute Gasteiger partial charge is 0.0132 e. The molecule has 1 saturated carbocycles. The molecule has 0 spiro atoms. The SMILES string of the molecule is C=C(C)CC(NCC)C1CCCC1. The summed E-state index contributed by atoms with van der Waals surface area (Å²) in [4.78, 5) is 0. The molecule has 13 heavy (non-hydrogen) atoms. The maximum absolute atomic E-state index is 4.01. The van der Waals surface area contributed by atoms with Crippen LogP contribution >= 0.6 is 0 Å². The molecule has 0 bridgehead atoms. The Morgan fingerprint density at radius 2 is 2.08 bits per heavy atom. The predicted octanol–water partition coefficient (Wildman–Crippen LogP) is 3.12. The first-order valence-electron chi connectivity index (χ1n) is 5.61.